The molecule has 0 aliphatic heterocycles. The van der Waals surface area contributed by atoms with Crippen LogP contribution in [0.3, 0.4) is 0 Å². The fourth-order valence-corrected chi connectivity index (χ4v) is 3.54. The number of allylic oxidation sites excluding steroid dienone is 2. The summed E-state index contributed by atoms with van der Waals surface area (Å²) in [5.41, 5.74) is 4.42. The highest BCUT2D eigenvalue weighted by Crippen LogP contribution is 2.33. The predicted octanol–water partition coefficient (Wildman–Crippen LogP) is 6.39. The maximum absolute atomic E-state index is 2.49. The SMILES string of the molecule is CCCC1CC=C(c2ccc3cc(CC)ccc3c2)CC1. The average Bonchev–Trinajstić information content (AvgIpc) is 2.55. The highest BCUT2D eigenvalue weighted by molar-refractivity contribution is 5.87. The molecule has 1 aliphatic carbocycles. The first-order valence-electron chi connectivity index (χ1n) is 8.52. The summed E-state index contributed by atoms with van der Waals surface area (Å²) < 4.78 is 0. The van der Waals surface area contributed by atoms with E-state index in [2.05, 4.69) is 56.3 Å². The van der Waals surface area contributed by atoms with Crippen LogP contribution >= 0.6 is 0 Å². The molecule has 2 aromatic rings. The van der Waals surface area contributed by atoms with Crippen molar-refractivity contribution in [3.05, 3.63) is 53.6 Å². The van der Waals surface area contributed by atoms with Crippen molar-refractivity contribution in [1.82, 2.24) is 0 Å². The van der Waals surface area contributed by atoms with E-state index in [4.69, 9.17) is 0 Å². The summed E-state index contributed by atoms with van der Waals surface area (Å²) in [7, 11) is 0. The molecule has 0 bridgehead atoms. The zero-order valence-electron chi connectivity index (χ0n) is 13.4. The Morgan fingerprint density at radius 2 is 1.81 bits per heavy atom. The van der Waals surface area contributed by atoms with Gasteiger partial charge in [-0.15, -0.1) is 0 Å². The lowest BCUT2D eigenvalue weighted by Gasteiger charge is -2.21. The molecule has 0 aromatic heterocycles. The lowest BCUT2D eigenvalue weighted by Crippen LogP contribution is -2.05. The Morgan fingerprint density at radius 3 is 2.52 bits per heavy atom. The van der Waals surface area contributed by atoms with E-state index in [1.165, 1.54) is 54.0 Å². The lowest BCUT2D eigenvalue weighted by molar-refractivity contribution is 0.445. The summed E-state index contributed by atoms with van der Waals surface area (Å²) in [5.74, 6) is 0.923. The Kier molecular flexibility index (Phi) is 4.43. The molecule has 1 atom stereocenters. The first kappa shape index (κ1) is 14.4. The fourth-order valence-electron chi connectivity index (χ4n) is 3.54. The van der Waals surface area contributed by atoms with E-state index in [-0.39, 0.29) is 0 Å². The summed E-state index contributed by atoms with van der Waals surface area (Å²) in [4.78, 5) is 0. The number of fused-ring (bicyclic) bond motifs is 1. The van der Waals surface area contributed by atoms with Crippen LogP contribution in [-0.4, -0.2) is 0 Å². The van der Waals surface area contributed by atoms with Crippen molar-refractivity contribution in [1.29, 1.82) is 0 Å². The summed E-state index contributed by atoms with van der Waals surface area (Å²) in [6.07, 6.45) is 10.2. The van der Waals surface area contributed by atoms with Gasteiger partial charge in [0.05, 0.1) is 0 Å². The normalized spacial score (nSPS) is 18.8. The molecule has 0 fully saturated rings. The molecule has 0 spiro atoms. The van der Waals surface area contributed by atoms with Gasteiger partial charge in [-0.25, -0.2) is 0 Å². The van der Waals surface area contributed by atoms with Crippen LogP contribution in [0.25, 0.3) is 16.3 Å². The lowest BCUT2D eigenvalue weighted by atomic mass is 9.84. The topological polar surface area (TPSA) is 0 Å². The van der Waals surface area contributed by atoms with Gasteiger partial charge >= 0.3 is 0 Å². The average molecular weight is 278 g/mol. The quantitative estimate of drug-likeness (QED) is 0.608. The summed E-state index contributed by atoms with van der Waals surface area (Å²) in [6.45, 7) is 4.52. The van der Waals surface area contributed by atoms with Crippen LogP contribution < -0.4 is 0 Å². The molecule has 1 aliphatic rings. The second-order valence-corrected chi connectivity index (χ2v) is 6.41. The van der Waals surface area contributed by atoms with Gasteiger partial charge in [-0.3, -0.25) is 0 Å². The Labute approximate surface area is 128 Å². The minimum atomic E-state index is 0.923. The first-order valence-corrected chi connectivity index (χ1v) is 8.52. The minimum absolute atomic E-state index is 0.923. The second kappa shape index (κ2) is 6.47. The second-order valence-electron chi connectivity index (χ2n) is 6.41. The third-order valence-electron chi connectivity index (χ3n) is 4.90. The molecule has 110 valence electrons. The number of benzene rings is 2. The van der Waals surface area contributed by atoms with Crippen molar-refractivity contribution in [2.24, 2.45) is 5.92 Å². The van der Waals surface area contributed by atoms with E-state index in [0.29, 0.717) is 0 Å². The molecule has 0 N–H and O–H groups in total. The van der Waals surface area contributed by atoms with Crippen LogP contribution in [0.15, 0.2) is 42.5 Å². The molecular formula is C21H26. The van der Waals surface area contributed by atoms with Gasteiger partial charge in [0, 0.05) is 0 Å². The van der Waals surface area contributed by atoms with E-state index in [1.54, 1.807) is 5.57 Å². The molecule has 0 heterocycles. The summed E-state index contributed by atoms with van der Waals surface area (Å²) >= 11 is 0. The van der Waals surface area contributed by atoms with E-state index in [9.17, 15) is 0 Å². The van der Waals surface area contributed by atoms with Crippen molar-refractivity contribution >= 4 is 16.3 Å². The minimum Gasteiger partial charge on any atom is -0.0804 e. The molecule has 21 heavy (non-hydrogen) atoms. The number of hydrogen-bond donors (Lipinski definition) is 0. The van der Waals surface area contributed by atoms with E-state index >= 15 is 0 Å². The molecule has 0 saturated heterocycles. The van der Waals surface area contributed by atoms with Crippen LogP contribution in [0, 0.1) is 5.92 Å². The van der Waals surface area contributed by atoms with Gasteiger partial charge in [-0.05, 0) is 65.1 Å². The Hall–Kier alpha value is -1.56. The van der Waals surface area contributed by atoms with Gasteiger partial charge in [0.25, 0.3) is 0 Å². The molecule has 0 saturated carbocycles. The van der Waals surface area contributed by atoms with Crippen molar-refractivity contribution in [3.63, 3.8) is 0 Å². The third-order valence-corrected chi connectivity index (χ3v) is 4.90. The zero-order chi connectivity index (χ0) is 14.7. The maximum atomic E-state index is 2.49. The van der Waals surface area contributed by atoms with Gasteiger partial charge in [0.1, 0.15) is 0 Å². The summed E-state index contributed by atoms with van der Waals surface area (Å²) in [6, 6.07) is 13.8. The summed E-state index contributed by atoms with van der Waals surface area (Å²) in [5, 5.41) is 2.75. The van der Waals surface area contributed by atoms with E-state index in [1.807, 2.05) is 0 Å². The fraction of sp³-hybridized carbons (Fsp3) is 0.429. The van der Waals surface area contributed by atoms with Gasteiger partial charge in [0.15, 0.2) is 0 Å². The molecule has 2 aromatic carbocycles. The van der Waals surface area contributed by atoms with Crippen LogP contribution in [0.5, 0.6) is 0 Å². The monoisotopic (exact) mass is 278 g/mol. The van der Waals surface area contributed by atoms with Gasteiger partial charge < -0.3 is 0 Å². The molecule has 1 unspecified atom stereocenters. The van der Waals surface area contributed by atoms with Gasteiger partial charge in [0.2, 0.25) is 0 Å². The molecular weight excluding hydrogens is 252 g/mol. The van der Waals surface area contributed by atoms with Crippen LogP contribution in [0.2, 0.25) is 0 Å². The Morgan fingerprint density at radius 1 is 1.00 bits per heavy atom. The number of rotatable bonds is 4. The first-order chi connectivity index (χ1) is 10.3. The van der Waals surface area contributed by atoms with Gasteiger partial charge in [-0.1, -0.05) is 63.1 Å². The Balaban J connectivity index is 1.85. The highest BCUT2D eigenvalue weighted by atomic mass is 14.2. The van der Waals surface area contributed by atoms with Crippen LogP contribution in [-0.2, 0) is 6.42 Å². The zero-order valence-corrected chi connectivity index (χ0v) is 13.4. The molecule has 3 rings (SSSR count). The molecule has 0 amide bonds. The van der Waals surface area contributed by atoms with Crippen LogP contribution in [0.1, 0.15) is 57.1 Å². The molecule has 0 nitrogen and oxygen atoms in total. The maximum Gasteiger partial charge on any atom is -0.0178 e. The highest BCUT2D eigenvalue weighted by Gasteiger charge is 2.14. The van der Waals surface area contributed by atoms with Gasteiger partial charge in [-0.2, -0.15) is 0 Å². The number of aryl methyl sites for hydroxylation is 1. The standard InChI is InChI=1S/C21H26/c1-3-5-17-7-9-18(10-8-17)20-13-12-19-14-16(4-2)6-11-21(19)15-20/h6,9,11-15,17H,3-5,7-8,10H2,1-2H3. The largest absolute Gasteiger partial charge is 0.0804 e. The number of hydrogen-bond acceptors (Lipinski definition) is 0. The molecule has 0 radical (unpaired) electrons. The Bertz CT molecular complexity index is 648. The van der Waals surface area contributed by atoms with Crippen molar-refractivity contribution < 1.29 is 0 Å². The van der Waals surface area contributed by atoms with E-state index < -0.39 is 0 Å². The van der Waals surface area contributed by atoms with Crippen LogP contribution in [0.4, 0.5) is 0 Å². The van der Waals surface area contributed by atoms with E-state index in [0.717, 1.165) is 12.3 Å². The van der Waals surface area contributed by atoms with Crippen molar-refractivity contribution in [3.8, 4) is 0 Å². The predicted molar refractivity (Wildman–Crippen MR) is 93.6 cm³/mol. The van der Waals surface area contributed by atoms with Crippen molar-refractivity contribution in [2.45, 2.75) is 52.4 Å². The smallest absolute Gasteiger partial charge is 0.0178 e. The van der Waals surface area contributed by atoms with Crippen molar-refractivity contribution in [2.75, 3.05) is 0 Å². The third kappa shape index (κ3) is 3.20. The molecule has 0 heteroatoms.